The first kappa shape index (κ1) is 14.5. The van der Waals surface area contributed by atoms with Gasteiger partial charge in [-0.3, -0.25) is 10.1 Å². The average Bonchev–Trinajstić information content (AvgIpc) is 2.32. The van der Waals surface area contributed by atoms with E-state index in [9.17, 15) is 4.79 Å². The van der Waals surface area contributed by atoms with Gasteiger partial charge in [-0.05, 0) is 25.7 Å². The van der Waals surface area contributed by atoms with Crippen LogP contribution in [0.25, 0.3) is 0 Å². The number of carbonyl (C=O) groups is 1. The van der Waals surface area contributed by atoms with E-state index in [1.165, 1.54) is 6.42 Å². The maximum Gasteiger partial charge on any atom is 0.326 e. The number of nitrogens with one attached hydrogen (secondary N) is 1. The fraction of sp³-hybridized carbons (Fsp3) is 0.923. The second-order valence-electron chi connectivity index (χ2n) is 4.76. The molecule has 0 aromatic rings. The molecule has 0 spiro atoms. The van der Waals surface area contributed by atoms with E-state index in [2.05, 4.69) is 12.2 Å². The van der Waals surface area contributed by atoms with Crippen molar-refractivity contribution in [2.24, 2.45) is 5.92 Å². The van der Waals surface area contributed by atoms with Crippen LogP contribution in [0.15, 0.2) is 0 Å². The van der Waals surface area contributed by atoms with Crippen molar-refractivity contribution in [3.05, 3.63) is 0 Å². The van der Waals surface area contributed by atoms with Gasteiger partial charge in [-0.1, -0.05) is 19.8 Å². The Morgan fingerprint density at radius 1 is 1.47 bits per heavy atom. The number of methoxy groups -OCH3 is 1. The number of esters is 1. The Morgan fingerprint density at radius 2 is 2.24 bits per heavy atom. The molecule has 4 heteroatoms. The van der Waals surface area contributed by atoms with Crippen LogP contribution in [-0.4, -0.2) is 38.4 Å². The van der Waals surface area contributed by atoms with Crippen LogP contribution in [0, 0.1) is 5.92 Å². The third-order valence-corrected chi connectivity index (χ3v) is 3.69. The molecule has 0 amide bonds. The molecule has 1 aliphatic carbocycles. The molecule has 0 bridgehead atoms. The summed E-state index contributed by atoms with van der Waals surface area (Å²) in [5.74, 6) is 0.232. The Labute approximate surface area is 104 Å². The van der Waals surface area contributed by atoms with Crippen molar-refractivity contribution in [2.75, 3.05) is 26.9 Å². The summed E-state index contributed by atoms with van der Waals surface area (Å²) in [6.45, 7) is 5.75. The highest BCUT2D eigenvalue weighted by molar-refractivity contribution is 5.81. The van der Waals surface area contributed by atoms with Crippen LogP contribution in [-0.2, 0) is 14.3 Å². The molecule has 0 aromatic heterocycles. The van der Waals surface area contributed by atoms with Gasteiger partial charge in [0.05, 0.1) is 13.2 Å². The van der Waals surface area contributed by atoms with E-state index in [0.717, 1.165) is 19.3 Å². The van der Waals surface area contributed by atoms with Gasteiger partial charge in [-0.25, -0.2) is 0 Å². The molecule has 0 aromatic carbocycles. The number of ether oxygens (including phenoxy) is 2. The summed E-state index contributed by atoms with van der Waals surface area (Å²) >= 11 is 0. The summed E-state index contributed by atoms with van der Waals surface area (Å²) in [6, 6.07) is 0. The quantitative estimate of drug-likeness (QED) is 0.570. The molecular formula is C13H25NO3. The van der Waals surface area contributed by atoms with Crippen molar-refractivity contribution in [1.82, 2.24) is 5.32 Å². The number of hydrogen-bond acceptors (Lipinski definition) is 4. The molecule has 17 heavy (non-hydrogen) atoms. The van der Waals surface area contributed by atoms with Gasteiger partial charge >= 0.3 is 5.97 Å². The number of carbonyl (C=O) groups excluding carboxylic acids is 1. The van der Waals surface area contributed by atoms with Crippen molar-refractivity contribution in [1.29, 1.82) is 0 Å². The van der Waals surface area contributed by atoms with Crippen molar-refractivity contribution >= 4 is 5.97 Å². The fourth-order valence-corrected chi connectivity index (χ4v) is 2.62. The van der Waals surface area contributed by atoms with Gasteiger partial charge < -0.3 is 9.47 Å². The van der Waals surface area contributed by atoms with E-state index in [1.54, 1.807) is 7.11 Å². The lowest BCUT2D eigenvalue weighted by Crippen LogP contribution is -2.59. The van der Waals surface area contributed by atoms with Crippen LogP contribution in [0.1, 0.15) is 39.5 Å². The molecule has 100 valence electrons. The van der Waals surface area contributed by atoms with Crippen LogP contribution in [0.5, 0.6) is 0 Å². The van der Waals surface area contributed by atoms with E-state index in [-0.39, 0.29) is 5.97 Å². The van der Waals surface area contributed by atoms with Crippen LogP contribution in [0.2, 0.25) is 0 Å². The summed E-state index contributed by atoms with van der Waals surface area (Å²) in [5, 5.41) is 3.37. The van der Waals surface area contributed by atoms with Crippen LogP contribution in [0.4, 0.5) is 0 Å². The Hall–Kier alpha value is -0.610. The Kier molecular flexibility index (Phi) is 5.92. The molecule has 4 nitrogen and oxygen atoms in total. The van der Waals surface area contributed by atoms with Gasteiger partial charge in [0, 0.05) is 13.7 Å². The third-order valence-electron chi connectivity index (χ3n) is 3.69. The fourth-order valence-electron chi connectivity index (χ4n) is 2.62. The Morgan fingerprint density at radius 3 is 2.82 bits per heavy atom. The monoisotopic (exact) mass is 243 g/mol. The Balaban J connectivity index is 2.71. The molecule has 0 heterocycles. The van der Waals surface area contributed by atoms with Crippen molar-refractivity contribution in [3.8, 4) is 0 Å². The molecule has 2 atom stereocenters. The minimum Gasteiger partial charge on any atom is -0.465 e. The number of rotatable bonds is 6. The number of hydrogen-bond donors (Lipinski definition) is 1. The van der Waals surface area contributed by atoms with Crippen molar-refractivity contribution in [3.63, 3.8) is 0 Å². The standard InChI is InChI=1S/C13H25NO3/c1-4-17-12(15)13(14-9-10-16-3)8-6-5-7-11(13)2/h11,14H,4-10H2,1-3H3. The molecule has 0 radical (unpaired) electrons. The first-order chi connectivity index (χ1) is 8.17. The van der Waals surface area contributed by atoms with E-state index < -0.39 is 5.54 Å². The first-order valence-electron chi connectivity index (χ1n) is 6.58. The van der Waals surface area contributed by atoms with E-state index in [4.69, 9.17) is 9.47 Å². The zero-order chi connectivity index (χ0) is 12.7. The van der Waals surface area contributed by atoms with Crippen LogP contribution >= 0.6 is 0 Å². The predicted octanol–water partition coefficient (Wildman–Crippen LogP) is 1.73. The molecule has 1 rings (SSSR count). The highest BCUT2D eigenvalue weighted by Gasteiger charge is 2.45. The molecule has 1 N–H and O–H groups in total. The minimum atomic E-state index is -0.493. The molecule has 1 fully saturated rings. The summed E-state index contributed by atoms with van der Waals surface area (Å²) in [7, 11) is 1.67. The van der Waals surface area contributed by atoms with E-state index in [0.29, 0.717) is 25.7 Å². The molecule has 2 unspecified atom stereocenters. The molecule has 1 saturated carbocycles. The zero-order valence-electron chi connectivity index (χ0n) is 11.3. The smallest absolute Gasteiger partial charge is 0.326 e. The van der Waals surface area contributed by atoms with Crippen LogP contribution in [0.3, 0.4) is 0 Å². The largest absolute Gasteiger partial charge is 0.465 e. The molecule has 1 aliphatic rings. The van der Waals surface area contributed by atoms with Gasteiger partial charge in [0.1, 0.15) is 5.54 Å². The van der Waals surface area contributed by atoms with E-state index in [1.807, 2.05) is 6.92 Å². The summed E-state index contributed by atoms with van der Waals surface area (Å²) < 4.78 is 10.3. The SMILES string of the molecule is CCOC(=O)C1(NCCOC)CCCCC1C. The van der Waals surface area contributed by atoms with Gasteiger partial charge in [0.15, 0.2) is 0 Å². The topological polar surface area (TPSA) is 47.6 Å². The zero-order valence-corrected chi connectivity index (χ0v) is 11.3. The predicted molar refractivity (Wildman–Crippen MR) is 66.9 cm³/mol. The second-order valence-corrected chi connectivity index (χ2v) is 4.76. The molecule has 0 saturated heterocycles. The van der Waals surface area contributed by atoms with Gasteiger partial charge in [0.25, 0.3) is 0 Å². The van der Waals surface area contributed by atoms with Crippen molar-refractivity contribution in [2.45, 2.75) is 45.1 Å². The lowest BCUT2D eigenvalue weighted by Gasteiger charge is -2.41. The average molecular weight is 243 g/mol. The summed E-state index contributed by atoms with van der Waals surface area (Å²) in [6.07, 6.45) is 4.24. The van der Waals surface area contributed by atoms with Gasteiger partial charge in [-0.2, -0.15) is 0 Å². The highest BCUT2D eigenvalue weighted by atomic mass is 16.5. The normalized spacial score (nSPS) is 29.0. The molecular weight excluding hydrogens is 218 g/mol. The molecule has 0 aliphatic heterocycles. The van der Waals surface area contributed by atoms with Gasteiger partial charge in [-0.15, -0.1) is 0 Å². The minimum absolute atomic E-state index is 0.0942. The van der Waals surface area contributed by atoms with Crippen molar-refractivity contribution < 1.29 is 14.3 Å². The third kappa shape index (κ3) is 3.42. The maximum absolute atomic E-state index is 12.2. The second kappa shape index (κ2) is 6.97. The first-order valence-corrected chi connectivity index (χ1v) is 6.58. The maximum atomic E-state index is 12.2. The summed E-state index contributed by atoms with van der Waals surface area (Å²) in [5.41, 5.74) is -0.493. The lowest BCUT2D eigenvalue weighted by molar-refractivity contribution is -0.155. The van der Waals surface area contributed by atoms with Crippen LogP contribution < -0.4 is 5.32 Å². The van der Waals surface area contributed by atoms with E-state index >= 15 is 0 Å². The highest BCUT2D eigenvalue weighted by Crippen LogP contribution is 2.34. The lowest BCUT2D eigenvalue weighted by atomic mass is 9.73. The Bertz CT molecular complexity index is 245. The summed E-state index contributed by atoms with van der Waals surface area (Å²) in [4.78, 5) is 12.2. The van der Waals surface area contributed by atoms with Gasteiger partial charge in [0.2, 0.25) is 0 Å².